The first-order valence-corrected chi connectivity index (χ1v) is 10.1. The number of carbonyl (C=O) groups excluding carboxylic acids is 1. The number of non-ortho nitro benzene ring substituents is 1. The van der Waals surface area contributed by atoms with E-state index >= 15 is 0 Å². The van der Waals surface area contributed by atoms with Gasteiger partial charge in [0.25, 0.3) is 5.69 Å². The van der Waals surface area contributed by atoms with Crippen LogP contribution >= 0.6 is 0 Å². The van der Waals surface area contributed by atoms with Gasteiger partial charge in [-0.05, 0) is 17.7 Å². The first-order valence-electron chi connectivity index (χ1n) is 10.1. The van der Waals surface area contributed by atoms with Gasteiger partial charge in [-0.15, -0.1) is 5.10 Å². The number of aromatic nitrogens is 2. The number of carbonyl (C=O) groups is 1. The third-order valence-corrected chi connectivity index (χ3v) is 5.35. The van der Waals surface area contributed by atoms with Crippen molar-refractivity contribution in [2.75, 3.05) is 14.2 Å². The number of fused-ring (bicyclic) bond motifs is 1. The first kappa shape index (κ1) is 23.1. The number of methoxy groups -OCH3 is 2. The van der Waals surface area contributed by atoms with Gasteiger partial charge in [0.05, 0.1) is 36.3 Å². The number of esters is 1. The highest BCUT2D eigenvalue weighted by molar-refractivity contribution is 5.75. The Morgan fingerprint density at radius 2 is 1.94 bits per heavy atom. The minimum Gasteiger partial charge on any atom is -0.493 e. The second kappa shape index (κ2) is 9.06. The summed E-state index contributed by atoms with van der Waals surface area (Å²) in [5, 5.41) is 28.3. The lowest BCUT2D eigenvalue weighted by Crippen LogP contribution is -2.21. The molecule has 0 fully saturated rings. The summed E-state index contributed by atoms with van der Waals surface area (Å²) >= 11 is 0. The molecule has 0 unspecified atom stereocenters. The van der Waals surface area contributed by atoms with Crippen molar-refractivity contribution in [2.45, 2.75) is 12.8 Å². The summed E-state index contributed by atoms with van der Waals surface area (Å²) in [7, 11) is 2.78. The highest BCUT2D eigenvalue weighted by Gasteiger charge is 2.37. The predicted octanol–water partition coefficient (Wildman–Crippen LogP) is 3.15. The van der Waals surface area contributed by atoms with Crippen molar-refractivity contribution in [3.05, 3.63) is 69.1 Å². The zero-order valence-corrected chi connectivity index (χ0v) is 18.8. The van der Waals surface area contributed by atoms with Crippen LogP contribution in [0.2, 0.25) is 0 Å². The number of benzene rings is 2. The summed E-state index contributed by atoms with van der Waals surface area (Å²) in [6.07, 6.45) is 0. The second-order valence-electron chi connectivity index (χ2n) is 7.40. The number of nitrogens with one attached hydrogen (secondary N) is 1. The molecule has 35 heavy (non-hydrogen) atoms. The number of rotatable bonds is 6. The van der Waals surface area contributed by atoms with Crippen molar-refractivity contribution in [3.8, 4) is 40.5 Å². The smallest absolute Gasteiger partial charge is 0.308 e. The molecule has 0 bridgehead atoms. The van der Waals surface area contributed by atoms with Gasteiger partial charge in [0.2, 0.25) is 17.5 Å². The van der Waals surface area contributed by atoms with Crippen LogP contribution in [-0.4, -0.2) is 35.3 Å². The van der Waals surface area contributed by atoms with E-state index in [-0.39, 0.29) is 40.3 Å². The van der Waals surface area contributed by atoms with Gasteiger partial charge in [-0.1, -0.05) is 12.1 Å². The molecule has 0 saturated heterocycles. The van der Waals surface area contributed by atoms with Crippen LogP contribution in [0.15, 0.2) is 47.9 Å². The highest BCUT2D eigenvalue weighted by Crippen LogP contribution is 2.49. The summed E-state index contributed by atoms with van der Waals surface area (Å²) in [6, 6.07) is 11.2. The molecule has 0 spiro atoms. The number of hydrogen-bond acceptors (Lipinski definition) is 10. The van der Waals surface area contributed by atoms with Crippen LogP contribution in [0.4, 0.5) is 5.69 Å². The van der Waals surface area contributed by atoms with Crippen LogP contribution in [0.5, 0.6) is 23.1 Å². The Kier molecular flexibility index (Phi) is 5.99. The third-order valence-electron chi connectivity index (χ3n) is 5.35. The van der Waals surface area contributed by atoms with Gasteiger partial charge in [-0.25, -0.2) is 0 Å². The van der Waals surface area contributed by atoms with Gasteiger partial charge >= 0.3 is 5.97 Å². The number of hydrogen-bond donors (Lipinski definition) is 2. The fraction of sp³-hybridized carbons (Fsp3) is 0.174. The number of ether oxygens (including phenoxy) is 4. The lowest BCUT2D eigenvalue weighted by atomic mass is 9.82. The number of nitro benzene ring substituents is 1. The van der Waals surface area contributed by atoms with Crippen LogP contribution in [0.3, 0.4) is 0 Å². The van der Waals surface area contributed by atoms with E-state index in [1.54, 1.807) is 18.2 Å². The monoisotopic (exact) mass is 477 g/mol. The van der Waals surface area contributed by atoms with E-state index in [4.69, 9.17) is 24.7 Å². The quantitative estimate of drug-likeness (QED) is 0.232. The summed E-state index contributed by atoms with van der Waals surface area (Å²) < 4.78 is 21.7. The molecule has 1 aromatic heterocycles. The van der Waals surface area contributed by atoms with E-state index < -0.39 is 16.8 Å². The van der Waals surface area contributed by atoms with Crippen molar-refractivity contribution >= 4 is 11.7 Å². The van der Waals surface area contributed by atoms with Crippen molar-refractivity contribution in [1.29, 1.82) is 5.26 Å². The van der Waals surface area contributed by atoms with Gasteiger partial charge < -0.3 is 24.7 Å². The summed E-state index contributed by atoms with van der Waals surface area (Å²) in [6.45, 7) is 1.24. The maximum atomic E-state index is 11.6. The highest BCUT2D eigenvalue weighted by atomic mass is 16.6. The minimum absolute atomic E-state index is 0.0695. The minimum atomic E-state index is -0.814. The molecule has 3 N–H and O–H groups in total. The third kappa shape index (κ3) is 4.06. The number of nitro groups is 1. The molecule has 0 saturated carbocycles. The lowest BCUT2D eigenvalue weighted by Gasteiger charge is -2.25. The SMILES string of the molecule is COc1cc([C@@H]2C(C#N)=C(N)Oc3n[nH]c(-c4cccc([N+](=O)[O-])c4)c32)cc(OC)c1OC(C)=O. The Morgan fingerprint density at radius 1 is 1.26 bits per heavy atom. The molecule has 1 aliphatic rings. The van der Waals surface area contributed by atoms with E-state index in [9.17, 15) is 20.2 Å². The molecule has 12 nitrogen and oxygen atoms in total. The van der Waals surface area contributed by atoms with Crippen molar-refractivity contribution in [2.24, 2.45) is 5.73 Å². The number of nitrogens with two attached hydrogens (primary N) is 1. The largest absolute Gasteiger partial charge is 0.493 e. The average Bonchev–Trinajstić information content (AvgIpc) is 3.26. The fourth-order valence-electron chi connectivity index (χ4n) is 3.88. The molecule has 3 aromatic rings. The molecule has 0 amide bonds. The van der Waals surface area contributed by atoms with Gasteiger partial charge in [0, 0.05) is 24.6 Å². The Hall–Kier alpha value is -5.05. The molecule has 12 heteroatoms. The Morgan fingerprint density at radius 3 is 2.51 bits per heavy atom. The summed E-state index contributed by atoms with van der Waals surface area (Å²) in [5.74, 6) is -1.00. The van der Waals surface area contributed by atoms with Crippen molar-refractivity contribution < 1.29 is 28.7 Å². The second-order valence-corrected chi connectivity index (χ2v) is 7.40. The molecule has 2 heterocycles. The van der Waals surface area contributed by atoms with Crippen LogP contribution in [0, 0.1) is 21.4 Å². The maximum absolute atomic E-state index is 11.6. The van der Waals surface area contributed by atoms with E-state index in [1.807, 2.05) is 0 Å². The Labute approximate surface area is 198 Å². The van der Waals surface area contributed by atoms with Gasteiger partial charge in [-0.2, -0.15) is 5.26 Å². The normalized spacial score (nSPS) is 14.4. The molecule has 4 rings (SSSR count). The number of H-pyrrole nitrogens is 1. The molecule has 0 radical (unpaired) electrons. The van der Waals surface area contributed by atoms with Gasteiger partial charge in [0.1, 0.15) is 11.6 Å². The van der Waals surface area contributed by atoms with Crippen molar-refractivity contribution in [3.63, 3.8) is 0 Å². The average molecular weight is 477 g/mol. The summed E-state index contributed by atoms with van der Waals surface area (Å²) in [5.41, 5.74) is 7.77. The molecular weight excluding hydrogens is 458 g/mol. The van der Waals surface area contributed by atoms with Crippen LogP contribution in [-0.2, 0) is 4.79 Å². The zero-order chi connectivity index (χ0) is 25.3. The van der Waals surface area contributed by atoms with E-state index in [2.05, 4.69) is 16.3 Å². The number of aromatic amines is 1. The molecule has 1 atom stereocenters. The maximum Gasteiger partial charge on any atom is 0.308 e. The van der Waals surface area contributed by atoms with Crippen LogP contribution < -0.4 is 24.7 Å². The number of allylic oxidation sites excluding steroid dienone is 1. The molecule has 1 aliphatic heterocycles. The Bertz CT molecular complexity index is 1390. The van der Waals surface area contributed by atoms with Crippen LogP contribution in [0.25, 0.3) is 11.3 Å². The zero-order valence-electron chi connectivity index (χ0n) is 18.8. The fourth-order valence-corrected chi connectivity index (χ4v) is 3.88. The summed E-state index contributed by atoms with van der Waals surface area (Å²) in [4.78, 5) is 22.4. The predicted molar refractivity (Wildman–Crippen MR) is 121 cm³/mol. The van der Waals surface area contributed by atoms with Crippen molar-refractivity contribution in [1.82, 2.24) is 10.2 Å². The van der Waals surface area contributed by atoms with E-state index in [1.165, 1.54) is 39.3 Å². The Balaban J connectivity index is 1.97. The lowest BCUT2D eigenvalue weighted by molar-refractivity contribution is -0.384. The van der Waals surface area contributed by atoms with E-state index in [0.29, 0.717) is 22.4 Å². The number of nitrogens with zero attached hydrogens (tertiary/aromatic N) is 3. The van der Waals surface area contributed by atoms with Crippen LogP contribution in [0.1, 0.15) is 24.0 Å². The number of nitriles is 1. The molecule has 0 aliphatic carbocycles. The standard InChI is InChI=1S/C23H19N5O7/c1-11(29)34-21-16(32-2)8-13(9-17(21)33-3)18-15(10-24)22(25)35-23-19(18)20(26-27-23)12-5-4-6-14(7-12)28(30)31/h4-9,18H,25H2,1-3H3,(H,26,27)/t18-/m1/s1. The van der Waals surface area contributed by atoms with Gasteiger partial charge in [0.15, 0.2) is 11.5 Å². The van der Waals surface area contributed by atoms with Gasteiger partial charge in [-0.3, -0.25) is 20.0 Å². The molecular formula is C23H19N5O7. The topological polar surface area (TPSA) is 176 Å². The molecule has 2 aromatic carbocycles. The van der Waals surface area contributed by atoms with E-state index in [0.717, 1.165) is 0 Å². The first-order chi connectivity index (χ1) is 16.8. The molecule has 178 valence electrons.